The Balaban J connectivity index is 2.36. The van der Waals surface area contributed by atoms with Gasteiger partial charge in [-0.05, 0) is 31.5 Å². The molecule has 0 atom stereocenters. The summed E-state index contributed by atoms with van der Waals surface area (Å²) in [6.07, 6.45) is 4.43. The monoisotopic (exact) mass is 288 g/mol. The van der Waals surface area contributed by atoms with Crippen molar-refractivity contribution in [3.63, 3.8) is 0 Å². The van der Waals surface area contributed by atoms with Gasteiger partial charge in [-0.15, -0.1) is 0 Å². The number of carbonyl (C=O) groups excluding carboxylic acids is 1. The minimum atomic E-state index is -0.0576. The molecule has 0 aromatic heterocycles. The fourth-order valence-electron chi connectivity index (χ4n) is 1.60. The number of halogens is 2. The maximum Gasteiger partial charge on any atom is 0.224 e. The maximum atomic E-state index is 11.7. The first-order valence-corrected chi connectivity index (χ1v) is 6.84. The van der Waals surface area contributed by atoms with Crippen molar-refractivity contribution in [3.8, 4) is 0 Å². The lowest BCUT2D eigenvalue weighted by molar-refractivity contribution is -0.116. The van der Waals surface area contributed by atoms with E-state index in [1.54, 1.807) is 18.2 Å². The Bertz CT molecular complexity index is 376. The second-order valence-electron chi connectivity index (χ2n) is 4.10. The van der Waals surface area contributed by atoms with Crippen molar-refractivity contribution in [1.82, 2.24) is 0 Å². The predicted molar refractivity (Wildman–Crippen MR) is 77.2 cm³/mol. The summed E-state index contributed by atoms with van der Waals surface area (Å²) in [4.78, 5) is 11.7. The van der Waals surface area contributed by atoms with Crippen LogP contribution in [0.5, 0.6) is 0 Å². The SMILES string of the molecule is NCCCCCCC(=O)Nc1c(Cl)cccc1Cl. The number of hydrogen-bond acceptors (Lipinski definition) is 2. The molecular formula is C13H18Cl2N2O. The largest absolute Gasteiger partial charge is 0.330 e. The number of unbranched alkanes of at least 4 members (excludes halogenated alkanes) is 3. The molecule has 0 aliphatic carbocycles. The topological polar surface area (TPSA) is 55.1 Å². The van der Waals surface area contributed by atoms with Crippen LogP contribution in [0.25, 0.3) is 0 Å². The second-order valence-corrected chi connectivity index (χ2v) is 4.91. The Morgan fingerprint density at radius 2 is 1.72 bits per heavy atom. The van der Waals surface area contributed by atoms with Crippen LogP contribution in [0.4, 0.5) is 5.69 Å². The first-order chi connectivity index (χ1) is 8.65. The van der Waals surface area contributed by atoms with Crippen molar-refractivity contribution in [1.29, 1.82) is 0 Å². The zero-order valence-corrected chi connectivity index (χ0v) is 11.7. The van der Waals surface area contributed by atoms with Crippen LogP contribution < -0.4 is 11.1 Å². The molecule has 0 heterocycles. The van der Waals surface area contributed by atoms with Crippen molar-refractivity contribution >= 4 is 34.8 Å². The number of para-hydroxylation sites is 1. The molecule has 1 rings (SSSR count). The van der Waals surface area contributed by atoms with Crippen molar-refractivity contribution in [2.24, 2.45) is 5.73 Å². The summed E-state index contributed by atoms with van der Waals surface area (Å²) in [6, 6.07) is 5.14. The Labute approximate surface area is 118 Å². The van der Waals surface area contributed by atoms with Gasteiger partial charge in [0.1, 0.15) is 0 Å². The van der Waals surface area contributed by atoms with Crippen LogP contribution >= 0.6 is 23.2 Å². The van der Waals surface area contributed by atoms with Gasteiger partial charge in [0, 0.05) is 6.42 Å². The molecule has 0 saturated carbocycles. The van der Waals surface area contributed by atoms with Gasteiger partial charge in [0.2, 0.25) is 5.91 Å². The first kappa shape index (κ1) is 15.3. The van der Waals surface area contributed by atoms with E-state index in [-0.39, 0.29) is 5.91 Å². The summed E-state index contributed by atoms with van der Waals surface area (Å²) in [7, 11) is 0. The van der Waals surface area contributed by atoms with Crippen LogP contribution in [0.15, 0.2) is 18.2 Å². The highest BCUT2D eigenvalue weighted by atomic mass is 35.5. The highest BCUT2D eigenvalue weighted by molar-refractivity contribution is 6.39. The van der Waals surface area contributed by atoms with Gasteiger partial charge in [-0.25, -0.2) is 0 Å². The lowest BCUT2D eigenvalue weighted by atomic mass is 10.1. The summed E-state index contributed by atoms with van der Waals surface area (Å²) in [5.41, 5.74) is 5.89. The molecule has 3 N–H and O–H groups in total. The lowest BCUT2D eigenvalue weighted by Crippen LogP contribution is -2.11. The summed E-state index contributed by atoms with van der Waals surface area (Å²) in [5, 5.41) is 3.66. The summed E-state index contributed by atoms with van der Waals surface area (Å²) in [5.74, 6) is -0.0576. The van der Waals surface area contributed by atoms with Crippen LogP contribution in [0.1, 0.15) is 32.1 Å². The molecule has 100 valence electrons. The van der Waals surface area contributed by atoms with E-state index in [1.807, 2.05) is 0 Å². The van der Waals surface area contributed by atoms with Gasteiger partial charge in [-0.3, -0.25) is 4.79 Å². The van der Waals surface area contributed by atoms with Gasteiger partial charge in [-0.1, -0.05) is 42.1 Å². The molecule has 18 heavy (non-hydrogen) atoms. The van der Waals surface area contributed by atoms with Crippen molar-refractivity contribution in [2.45, 2.75) is 32.1 Å². The summed E-state index contributed by atoms with van der Waals surface area (Å²) < 4.78 is 0. The minimum Gasteiger partial charge on any atom is -0.330 e. The van der Waals surface area contributed by atoms with E-state index >= 15 is 0 Å². The fourth-order valence-corrected chi connectivity index (χ4v) is 2.09. The summed E-state index contributed by atoms with van der Waals surface area (Å²) in [6.45, 7) is 0.710. The zero-order valence-electron chi connectivity index (χ0n) is 10.2. The molecule has 0 fully saturated rings. The third-order valence-corrected chi connectivity index (χ3v) is 3.22. The molecule has 0 aliphatic rings. The quantitative estimate of drug-likeness (QED) is 0.749. The molecule has 0 radical (unpaired) electrons. The number of amides is 1. The fraction of sp³-hybridized carbons (Fsp3) is 0.462. The number of anilines is 1. The second kappa shape index (κ2) is 8.35. The van der Waals surface area contributed by atoms with Crippen LogP contribution in [0.2, 0.25) is 10.0 Å². The van der Waals surface area contributed by atoms with Gasteiger partial charge in [0.05, 0.1) is 15.7 Å². The highest BCUT2D eigenvalue weighted by Gasteiger charge is 2.08. The van der Waals surface area contributed by atoms with E-state index in [0.717, 1.165) is 25.7 Å². The van der Waals surface area contributed by atoms with E-state index in [4.69, 9.17) is 28.9 Å². The van der Waals surface area contributed by atoms with Crippen LogP contribution in [-0.4, -0.2) is 12.5 Å². The molecule has 5 heteroatoms. The molecule has 0 bridgehead atoms. The Kier molecular flexibility index (Phi) is 7.09. The third kappa shape index (κ3) is 5.25. The third-order valence-electron chi connectivity index (χ3n) is 2.59. The molecular weight excluding hydrogens is 271 g/mol. The average Bonchev–Trinajstić information content (AvgIpc) is 2.34. The number of nitrogens with one attached hydrogen (secondary N) is 1. The Morgan fingerprint density at radius 1 is 1.11 bits per heavy atom. The lowest BCUT2D eigenvalue weighted by Gasteiger charge is -2.08. The van der Waals surface area contributed by atoms with Crippen LogP contribution in [-0.2, 0) is 4.79 Å². The van der Waals surface area contributed by atoms with Crippen molar-refractivity contribution < 1.29 is 4.79 Å². The molecule has 3 nitrogen and oxygen atoms in total. The number of hydrogen-bond donors (Lipinski definition) is 2. The van der Waals surface area contributed by atoms with Gasteiger partial charge in [0.15, 0.2) is 0 Å². The molecule has 0 aliphatic heterocycles. The predicted octanol–water partition coefficient (Wildman–Crippen LogP) is 3.84. The maximum absolute atomic E-state index is 11.7. The standard InChI is InChI=1S/C13H18Cl2N2O/c14-10-6-5-7-11(15)13(10)17-12(18)8-3-1-2-4-9-16/h5-7H,1-4,8-9,16H2,(H,17,18). The molecule has 1 aromatic carbocycles. The molecule has 0 unspecified atom stereocenters. The summed E-state index contributed by atoms with van der Waals surface area (Å²) >= 11 is 11.9. The van der Waals surface area contributed by atoms with Crippen LogP contribution in [0, 0.1) is 0 Å². The number of benzene rings is 1. The van der Waals surface area contributed by atoms with Gasteiger partial charge in [0.25, 0.3) is 0 Å². The minimum absolute atomic E-state index is 0.0576. The molecule has 1 amide bonds. The van der Waals surface area contributed by atoms with Crippen LogP contribution in [0.3, 0.4) is 0 Å². The van der Waals surface area contributed by atoms with Crippen molar-refractivity contribution in [2.75, 3.05) is 11.9 Å². The normalized spacial score (nSPS) is 10.4. The number of rotatable bonds is 7. The van der Waals surface area contributed by atoms with Crippen molar-refractivity contribution in [3.05, 3.63) is 28.2 Å². The highest BCUT2D eigenvalue weighted by Crippen LogP contribution is 2.29. The molecule has 0 spiro atoms. The first-order valence-electron chi connectivity index (χ1n) is 6.09. The zero-order chi connectivity index (χ0) is 13.4. The van der Waals surface area contributed by atoms with E-state index in [1.165, 1.54) is 0 Å². The number of nitrogens with two attached hydrogens (primary N) is 1. The Morgan fingerprint density at radius 3 is 2.33 bits per heavy atom. The Hall–Kier alpha value is -0.770. The molecule has 0 saturated heterocycles. The van der Waals surface area contributed by atoms with E-state index in [2.05, 4.69) is 5.32 Å². The van der Waals surface area contributed by atoms with Gasteiger partial charge >= 0.3 is 0 Å². The van der Waals surface area contributed by atoms with E-state index < -0.39 is 0 Å². The van der Waals surface area contributed by atoms with Gasteiger partial charge < -0.3 is 11.1 Å². The van der Waals surface area contributed by atoms with E-state index in [9.17, 15) is 4.79 Å². The van der Waals surface area contributed by atoms with E-state index in [0.29, 0.717) is 28.7 Å². The average molecular weight is 289 g/mol. The van der Waals surface area contributed by atoms with Gasteiger partial charge in [-0.2, -0.15) is 0 Å². The molecule has 1 aromatic rings. The smallest absolute Gasteiger partial charge is 0.224 e. The number of carbonyl (C=O) groups is 1.